The summed E-state index contributed by atoms with van der Waals surface area (Å²) in [7, 11) is 3.04. The third kappa shape index (κ3) is 4.73. The number of para-hydroxylation sites is 1. The molecule has 6 heteroatoms. The Labute approximate surface area is 147 Å². The van der Waals surface area contributed by atoms with E-state index in [2.05, 4.69) is 10.6 Å². The summed E-state index contributed by atoms with van der Waals surface area (Å²) in [6, 6.07) is 10.8. The average Bonchev–Trinajstić information content (AvgIpc) is 2.58. The number of methoxy groups -OCH3 is 2. The Bertz CT molecular complexity index is 767. The number of aryl methyl sites for hydroxylation is 2. The monoisotopic (exact) mass is 342 g/mol. The molecule has 2 aromatic rings. The molecule has 6 nitrogen and oxygen atoms in total. The van der Waals surface area contributed by atoms with Gasteiger partial charge in [-0.2, -0.15) is 0 Å². The number of ether oxygens (including phenoxy) is 2. The number of nitrogens with one attached hydrogen (secondary N) is 2. The first-order valence-corrected chi connectivity index (χ1v) is 7.82. The first-order valence-electron chi connectivity index (χ1n) is 7.82. The fourth-order valence-electron chi connectivity index (χ4n) is 2.44. The zero-order valence-corrected chi connectivity index (χ0v) is 14.8. The molecule has 2 N–H and O–H groups in total. The van der Waals surface area contributed by atoms with Crippen LogP contribution in [-0.4, -0.2) is 26.0 Å². The predicted molar refractivity (Wildman–Crippen MR) is 97.3 cm³/mol. The maximum absolute atomic E-state index is 12.1. The standard InChI is InChI=1S/C19H22N2O4/c1-12-6-5-7-13(2)19(12)21-18(23)11-17(22)20-15-9-8-14(24-3)10-16(15)25-4/h5-10H,11H2,1-4H3,(H,20,22)(H,21,23). The Morgan fingerprint density at radius 3 is 2.16 bits per heavy atom. The molecule has 0 radical (unpaired) electrons. The highest BCUT2D eigenvalue weighted by molar-refractivity contribution is 6.08. The second kappa shape index (κ2) is 8.19. The summed E-state index contributed by atoms with van der Waals surface area (Å²) < 4.78 is 10.3. The van der Waals surface area contributed by atoms with Crippen molar-refractivity contribution < 1.29 is 19.1 Å². The molecule has 0 aliphatic carbocycles. The van der Waals surface area contributed by atoms with Crippen molar-refractivity contribution in [2.45, 2.75) is 20.3 Å². The number of amides is 2. The van der Waals surface area contributed by atoms with Crippen LogP contribution in [0.1, 0.15) is 17.5 Å². The van der Waals surface area contributed by atoms with Gasteiger partial charge in [0.1, 0.15) is 17.9 Å². The highest BCUT2D eigenvalue weighted by atomic mass is 16.5. The molecule has 2 amide bonds. The van der Waals surface area contributed by atoms with E-state index in [-0.39, 0.29) is 12.3 Å². The summed E-state index contributed by atoms with van der Waals surface area (Å²) in [4.78, 5) is 24.3. The summed E-state index contributed by atoms with van der Waals surface area (Å²) in [6.07, 6.45) is -0.289. The zero-order chi connectivity index (χ0) is 18.4. The van der Waals surface area contributed by atoms with Crippen molar-refractivity contribution >= 4 is 23.2 Å². The molecule has 0 heterocycles. The van der Waals surface area contributed by atoms with Crippen molar-refractivity contribution in [3.8, 4) is 11.5 Å². The molecule has 25 heavy (non-hydrogen) atoms. The maximum Gasteiger partial charge on any atom is 0.233 e. The van der Waals surface area contributed by atoms with E-state index in [1.165, 1.54) is 7.11 Å². The van der Waals surface area contributed by atoms with Crippen LogP contribution in [-0.2, 0) is 9.59 Å². The minimum Gasteiger partial charge on any atom is -0.497 e. The summed E-state index contributed by atoms with van der Waals surface area (Å²) >= 11 is 0. The van der Waals surface area contributed by atoms with Gasteiger partial charge in [0.15, 0.2) is 0 Å². The lowest BCUT2D eigenvalue weighted by molar-refractivity contribution is -0.123. The van der Waals surface area contributed by atoms with Crippen molar-refractivity contribution in [1.29, 1.82) is 0 Å². The van der Waals surface area contributed by atoms with E-state index >= 15 is 0 Å². The Balaban J connectivity index is 2.01. The minimum atomic E-state index is -0.424. The van der Waals surface area contributed by atoms with E-state index in [4.69, 9.17) is 9.47 Å². The second-order valence-electron chi connectivity index (χ2n) is 5.61. The molecule has 0 saturated carbocycles. The van der Waals surface area contributed by atoms with Crippen LogP contribution < -0.4 is 20.1 Å². The lowest BCUT2D eigenvalue weighted by atomic mass is 10.1. The molecule has 0 spiro atoms. The fraction of sp³-hybridized carbons (Fsp3) is 0.263. The summed E-state index contributed by atoms with van der Waals surface area (Å²) in [6.45, 7) is 3.82. The van der Waals surface area contributed by atoms with Gasteiger partial charge in [0.2, 0.25) is 11.8 Å². The van der Waals surface area contributed by atoms with Crippen molar-refractivity contribution in [2.24, 2.45) is 0 Å². The van der Waals surface area contributed by atoms with Gasteiger partial charge in [0.25, 0.3) is 0 Å². The van der Waals surface area contributed by atoms with Crippen molar-refractivity contribution in [3.63, 3.8) is 0 Å². The molecule has 2 aromatic carbocycles. The highest BCUT2D eigenvalue weighted by Gasteiger charge is 2.14. The van der Waals surface area contributed by atoms with Gasteiger partial charge < -0.3 is 20.1 Å². The van der Waals surface area contributed by atoms with Crippen LogP contribution in [0.5, 0.6) is 11.5 Å². The van der Waals surface area contributed by atoms with Crippen LogP contribution in [0.2, 0.25) is 0 Å². The molecule has 0 fully saturated rings. The summed E-state index contributed by atoms with van der Waals surface area (Å²) in [5.41, 5.74) is 3.12. The first-order chi connectivity index (χ1) is 11.9. The Morgan fingerprint density at radius 2 is 1.56 bits per heavy atom. The van der Waals surface area contributed by atoms with Crippen molar-refractivity contribution in [2.75, 3.05) is 24.9 Å². The van der Waals surface area contributed by atoms with Gasteiger partial charge in [0, 0.05) is 11.8 Å². The van der Waals surface area contributed by atoms with Crippen LogP contribution in [0.15, 0.2) is 36.4 Å². The van der Waals surface area contributed by atoms with Gasteiger partial charge in [-0.25, -0.2) is 0 Å². The number of benzene rings is 2. The number of anilines is 2. The van der Waals surface area contributed by atoms with E-state index in [0.29, 0.717) is 17.2 Å². The van der Waals surface area contributed by atoms with Crippen molar-refractivity contribution in [3.05, 3.63) is 47.5 Å². The number of hydrogen-bond donors (Lipinski definition) is 2. The largest absolute Gasteiger partial charge is 0.497 e. The number of carbonyl (C=O) groups is 2. The quantitative estimate of drug-likeness (QED) is 0.790. The molecular formula is C19H22N2O4. The number of carbonyl (C=O) groups excluding carboxylic acids is 2. The Kier molecular flexibility index (Phi) is 6.00. The lowest BCUT2D eigenvalue weighted by Crippen LogP contribution is -2.22. The third-order valence-electron chi connectivity index (χ3n) is 3.75. The Hall–Kier alpha value is -3.02. The normalized spacial score (nSPS) is 10.1. The molecule has 0 atom stereocenters. The molecule has 0 aliphatic rings. The minimum absolute atomic E-state index is 0.289. The fourth-order valence-corrected chi connectivity index (χ4v) is 2.44. The molecule has 0 saturated heterocycles. The van der Waals surface area contributed by atoms with Crippen LogP contribution in [0.3, 0.4) is 0 Å². The van der Waals surface area contributed by atoms with Gasteiger partial charge in [-0.05, 0) is 37.1 Å². The first kappa shape index (κ1) is 18.3. The van der Waals surface area contributed by atoms with Crippen LogP contribution in [0.25, 0.3) is 0 Å². The molecule has 0 aliphatic heterocycles. The average molecular weight is 342 g/mol. The molecule has 0 aromatic heterocycles. The third-order valence-corrected chi connectivity index (χ3v) is 3.75. The Morgan fingerprint density at radius 1 is 0.920 bits per heavy atom. The van der Waals surface area contributed by atoms with Gasteiger partial charge in [0.05, 0.1) is 19.9 Å². The van der Waals surface area contributed by atoms with Gasteiger partial charge in [-0.3, -0.25) is 9.59 Å². The second-order valence-corrected chi connectivity index (χ2v) is 5.61. The molecule has 0 unspecified atom stereocenters. The summed E-state index contributed by atoms with van der Waals surface area (Å²) in [5.74, 6) is 0.278. The number of rotatable bonds is 6. The lowest BCUT2D eigenvalue weighted by Gasteiger charge is -2.13. The van der Waals surface area contributed by atoms with E-state index in [9.17, 15) is 9.59 Å². The maximum atomic E-state index is 12.1. The van der Waals surface area contributed by atoms with Gasteiger partial charge in [-0.1, -0.05) is 18.2 Å². The SMILES string of the molecule is COc1ccc(NC(=O)CC(=O)Nc2c(C)cccc2C)c(OC)c1. The van der Waals surface area contributed by atoms with Crippen LogP contribution in [0, 0.1) is 13.8 Å². The van der Waals surface area contributed by atoms with Crippen molar-refractivity contribution in [1.82, 2.24) is 0 Å². The van der Waals surface area contributed by atoms with E-state index in [1.54, 1.807) is 25.3 Å². The molecule has 132 valence electrons. The van der Waals surface area contributed by atoms with E-state index in [1.807, 2.05) is 32.0 Å². The zero-order valence-electron chi connectivity index (χ0n) is 14.8. The topological polar surface area (TPSA) is 76.7 Å². The van der Waals surface area contributed by atoms with Gasteiger partial charge >= 0.3 is 0 Å². The summed E-state index contributed by atoms with van der Waals surface area (Å²) in [5, 5.41) is 5.47. The van der Waals surface area contributed by atoms with Crippen LogP contribution in [0.4, 0.5) is 11.4 Å². The van der Waals surface area contributed by atoms with Gasteiger partial charge in [-0.15, -0.1) is 0 Å². The highest BCUT2D eigenvalue weighted by Crippen LogP contribution is 2.29. The predicted octanol–water partition coefficient (Wildman–Crippen LogP) is 3.29. The molecule has 2 rings (SSSR count). The van der Waals surface area contributed by atoms with Crippen LogP contribution >= 0.6 is 0 Å². The van der Waals surface area contributed by atoms with E-state index < -0.39 is 5.91 Å². The number of hydrogen-bond acceptors (Lipinski definition) is 4. The molecular weight excluding hydrogens is 320 g/mol. The van der Waals surface area contributed by atoms with E-state index in [0.717, 1.165) is 16.8 Å². The molecule has 0 bridgehead atoms. The smallest absolute Gasteiger partial charge is 0.233 e.